The lowest BCUT2D eigenvalue weighted by Gasteiger charge is -2.44. The van der Waals surface area contributed by atoms with Crippen molar-refractivity contribution in [3.05, 3.63) is 22.4 Å². The number of rotatable bonds is 4. The molecule has 0 saturated carbocycles. The van der Waals surface area contributed by atoms with Gasteiger partial charge >= 0.3 is 6.03 Å². The van der Waals surface area contributed by atoms with Crippen LogP contribution >= 0.6 is 23.1 Å². The van der Waals surface area contributed by atoms with Crippen molar-refractivity contribution < 1.29 is 14.4 Å². The second-order valence-corrected chi connectivity index (χ2v) is 8.22. The molecular formula is C14H17N5O3S2. The average Bonchev–Trinajstić information content (AvgIpc) is 3.24. The van der Waals surface area contributed by atoms with Crippen LogP contribution in [0, 0.1) is 0 Å². The fourth-order valence-electron chi connectivity index (χ4n) is 3.43. The lowest BCUT2D eigenvalue weighted by molar-refractivity contribution is -0.145. The van der Waals surface area contributed by atoms with Crippen LogP contribution in [0.4, 0.5) is 4.79 Å². The van der Waals surface area contributed by atoms with Crippen LogP contribution in [0.5, 0.6) is 0 Å². The van der Waals surface area contributed by atoms with Gasteiger partial charge in [0.25, 0.3) is 0 Å². The molecule has 3 fully saturated rings. The molecule has 0 radical (unpaired) electrons. The van der Waals surface area contributed by atoms with Crippen molar-refractivity contribution in [2.75, 3.05) is 12.3 Å². The fourth-order valence-corrected chi connectivity index (χ4v) is 5.53. The third-order valence-corrected chi connectivity index (χ3v) is 6.65. The molecule has 128 valence electrons. The molecule has 4 rings (SSSR count). The molecule has 0 bridgehead atoms. The summed E-state index contributed by atoms with van der Waals surface area (Å²) in [6, 6.07) is 3.48. The molecule has 3 atom stereocenters. The number of thiophene rings is 1. The van der Waals surface area contributed by atoms with E-state index in [2.05, 4.69) is 5.43 Å². The number of urea groups is 1. The number of thioether (sulfide) groups is 1. The van der Waals surface area contributed by atoms with Crippen LogP contribution in [-0.2, 0) is 16.1 Å². The molecule has 3 N–H and O–H groups in total. The normalized spacial score (nSPS) is 29.2. The van der Waals surface area contributed by atoms with Crippen molar-refractivity contribution in [2.45, 2.75) is 30.5 Å². The van der Waals surface area contributed by atoms with Gasteiger partial charge < -0.3 is 10.6 Å². The number of carbonyl (C=O) groups is 3. The van der Waals surface area contributed by atoms with E-state index in [4.69, 9.17) is 5.73 Å². The maximum absolute atomic E-state index is 12.9. The van der Waals surface area contributed by atoms with E-state index in [1.54, 1.807) is 32.9 Å². The molecule has 0 spiro atoms. The largest absolute Gasteiger partial charge is 0.368 e. The van der Waals surface area contributed by atoms with E-state index < -0.39 is 12.2 Å². The molecule has 3 aliphatic heterocycles. The summed E-state index contributed by atoms with van der Waals surface area (Å²) in [6.45, 7) is 0.226. The van der Waals surface area contributed by atoms with Crippen molar-refractivity contribution >= 4 is 40.9 Å². The highest BCUT2D eigenvalue weighted by Gasteiger charge is 2.55. The number of nitrogens with two attached hydrogens (primary N) is 1. The first-order valence-electron chi connectivity index (χ1n) is 7.65. The van der Waals surface area contributed by atoms with Crippen LogP contribution in [0.15, 0.2) is 17.5 Å². The number of primary amides is 1. The zero-order valence-corrected chi connectivity index (χ0v) is 14.4. The molecule has 1 aromatic heterocycles. The Morgan fingerprint density at radius 1 is 1.42 bits per heavy atom. The minimum absolute atomic E-state index is 0.0402. The van der Waals surface area contributed by atoms with E-state index >= 15 is 0 Å². The molecule has 1 aromatic rings. The predicted molar refractivity (Wildman–Crippen MR) is 89.6 cm³/mol. The van der Waals surface area contributed by atoms with Crippen molar-refractivity contribution in [3.8, 4) is 0 Å². The summed E-state index contributed by atoms with van der Waals surface area (Å²) in [7, 11) is 0. The van der Waals surface area contributed by atoms with E-state index in [0.717, 1.165) is 17.1 Å². The first-order chi connectivity index (χ1) is 11.6. The Morgan fingerprint density at radius 2 is 2.25 bits per heavy atom. The molecule has 4 amide bonds. The smallest absolute Gasteiger partial charge is 0.337 e. The van der Waals surface area contributed by atoms with Gasteiger partial charge in [-0.25, -0.2) is 9.80 Å². The first kappa shape index (κ1) is 15.7. The molecule has 3 unspecified atom stereocenters. The number of nitrogens with zero attached hydrogens (tertiary/aromatic N) is 3. The average molecular weight is 367 g/mol. The van der Waals surface area contributed by atoms with E-state index in [-0.39, 0.29) is 29.8 Å². The van der Waals surface area contributed by atoms with Gasteiger partial charge in [-0.15, -0.1) is 23.1 Å². The monoisotopic (exact) mass is 367 g/mol. The Kier molecular flexibility index (Phi) is 3.89. The highest BCUT2D eigenvalue weighted by molar-refractivity contribution is 8.00. The maximum atomic E-state index is 12.9. The Balaban J connectivity index is 1.65. The van der Waals surface area contributed by atoms with Crippen molar-refractivity contribution in [1.29, 1.82) is 0 Å². The van der Waals surface area contributed by atoms with E-state index in [0.29, 0.717) is 6.54 Å². The summed E-state index contributed by atoms with van der Waals surface area (Å²) < 4.78 is 0. The van der Waals surface area contributed by atoms with Crippen molar-refractivity contribution in [2.24, 2.45) is 5.73 Å². The molecule has 10 heteroatoms. The number of carbonyl (C=O) groups excluding carboxylic acids is 3. The second-order valence-electron chi connectivity index (χ2n) is 5.94. The quantitative estimate of drug-likeness (QED) is 0.779. The number of nitrogens with one attached hydrogen (secondary N) is 1. The van der Waals surface area contributed by atoms with Crippen LogP contribution in [0.25, 0.3) is 0 Å². The standard InChI is InChI=1S/C14H17N5O3S2/c15-10(20)7-18-14(22)19-9-3-5-24-11(9)12(21)17(13(19)16-18)6-8-2-1-4-23-8/h1-2,4,9,11,13,16H,3,5-7H2,(H2,15,20). The first-order valence-corrected chi connectivity index (χ1v) is 9.58. The van der Waals surface area contributed by atoms with Crippen molar-refractivity contribution in [3.63, 3.8) is 0 Å². The number of hydrazine groups is 1. The minimum atomic E-state index is -0.593. The third-order valence-electron chi connectivity index (χ3n) is 4.45. The van der Waals surface area contributed by atoms with Gasteiger partial charge in [-0.05, 0) is 23.6 Å². The van der Waals surface area contributed by atoms with Crippen LogP contribution in [-0.4, -0.2) is 62.5 Å². The SMILES string of the molecule is NC(=O)CN1NC2N(Cc3cccs3)C(=O)C3SCCC3N2C1=O. The highest BCUT2D eigenvalue weighted by Crippen LogP contribution is 2.39. The molecule has 3 saturated heterocycles. The predicted octanol–water partition coefficient (Wildman–Crippen LogP) is -0.0245. The van der Waals surface area contributed by atoms with Crippen molar-refractivity contribution in [1.82, 2.24) is 20.2 Å². The minimum Gasteiger partial charge on any atom is -0.368 e. The number of amides is 4. The van der Waals surface area contributed by atoms with E-state index in [1.165, 1.54) is 5.01 Å². The summed E-state index contributed by atoms with van der Waals surface area (Å²) >= 11 is 3.17. The zero-order valence-electron chi connectivity index (χ0n) is 12.8. The van der Waals surface area contributed by atoms with Gasteiger partial charge in [-0.2, -0.15) is 5.43 Å². The summed E-state index contributed by atoms with van der Waals surface area (Å²) in [5, 5.41) is 2.94. The summed E-state index contributed by atoms with van der Waals surface area (Å²) in [6.07, 6.45) is 0.216. The Morgan fingerprint density at radius 3 is 2.96 bits per heavy atom. The number of hydrogen-bond acceptors (Lipinski definition) is 6. The van der Waals surface area contributed by atoms with E-state index in [1.807, 2.05) is 17.5 Å². The number of hydrogen-bond donors (Lipinski definition) is 2. The lowest BCUT2D eigenvalue weighted by Crippen LogP contribution is -2.65. The fraction of sp³-hybridized carbons (Fsp3) is 0.500. The second kappa shape index (κ2) is 5.94. The lowest BCUT2D eigenvalue weighted by atomic mass is 10.1. The van der Waals surface area contributed by atoms with Gasteiger partial charge in [0.2, 0.25) is 11.8 Å². The molecule has 8 nitrogen and oxygen atoms in total. The molecular weight excluding hydrogens is 350 g/mol. The van der Waals surface area contributed by atoms with Gasteiger partial charge in [0.05, 0.1) is 12.6 Å². The Hall–Kier alpha value is -1.78. The van der Waals surface area contributed by atoms with Gasteiger partial charge in [0, 0.05) is 4.88 Å². The molecule has 4 heterocycles. The third kappa shape index (κ3) is 2.45. The van der Waals surface area contributed by atoms with Crippen LogP contribution < -0.4 is 11.2 Å². The molecule has 0 aliphatic carbocycles. The molecule has 0 aromatic carbocycles. The Labute approximate surface area is 146 Å². The van der Waals surface area contributed by atoms with E-state index in [9.17, 15) is 14.4 Å². The summed E-state index contributed by atoms with van der Waals surface area (Å²) in [5.41, 5.74) is 8.22. The molecule has 24 heavy (non-hydrogen) atoms. The van der Waals surface area contributed by atoms with Gasteiger partial charge in [0.15, 0.2) is 6.29 Å². The van der Waals surface area contributed by atoms with Crippen LogP contribution in [0.3, 0.4) is 0 Å². The van der Waals surface area contributed by atoms with Crippen LogP contribution in [0.2, 0.25) is 0 Å². The van der Waals surface area contributed by atoms with Gasteiger partial charge in [-0.1, -0.05) is 6.07 Å². The zero-order chi connectivity index (χ0) is 16.8. The molecule has 3 aliphatic rings. The number of fused-ring (bicyclic) bond motifs is 3. The Bertz CT molecular complexity index is 682. The summed E-state index contributed by atoms with van der Waals surface area (Å²) in [4.78, 5) is 41.3. The maximum Gasteiger partial charge on any atom is 0.337 e. The van der Waals surface area contributed by atoms with Crippen LogP contribution in [0.1, 0.15) is 11.3 Å². The highest BCUT2D eigenvalue weighted by atomic mass is 32.2. The van der Waals surface area contributed by atoms with Gasteiger partial charge in [-0.3, -0.25) is 14.5 Å². The topological polar surface area (TPSA) is 99.0 Å². The summed E-state index contributed by atoms with van der Waals surface area (Å²) in [5.74, 6) is 0.294. The van der Waals surface area contributed by atoms with Gasteiger partial charge in [0.1, 0.15) is 11.8 Å².